The van der Waals surface area contributed by atoms with Crippen LogP contribution in [0, 0.1) is 11.7 Å². The van der Waals surface area contributed by atoms with Crippen LogP contribution in [0.2, 0.25) is 0 Å². The topological polar surface area (TPSA) is 51.7 Å². The maximum atomic E-state index is 12.8. The van der Waals surface area contributed by atoms with Crippen LogP contribution >= 0.6 is 11.3 Å². The number of hydroxylamine groups is 2. The van der Waals surface area contributed by atoms with E-state index in [9.17, 15) is 9.18 Å². The summed E-state index contributed by atoms with van der Waals surface area (Å²) in [5, 5.41) is 1.75. The second-order valence-electron chi connectivity index (χ2n) is 6.07. The molecule has 0 N–H and O–H groups in total. The van der Waals surface area contributed by atoms with Crippen molar-refractivity contribution in [3.63, 3.8) is 0 Å². The Balaban J connectivity index is 1.31. The van der Waals surface area contributed by atoms with Crippen molar-refractivity contribution < 1.29 is 18.8 Å². The molecule has 0 radical (unpaired) electrons. The fourth-order valence-corrected chi connectivity index (χ4v) is 3.39. The number of aromatic nitrogens is 1. The number of nitrogens with zero attached hydrogens (tertiary/aromatic N) is 2. The molecule has 0 unspecified atom stereocenters. The number of carbonyl (C=O) groups is 1. The van der Waals surface area contributed by atoms with E-state index in [-0.39, 0.29) is 18.2 Å². The number of thiazole rings is 1. The second-order valence-corrected chi connectivity index (χ2v) is 7.04. The summed E-state index contributed by atoms with van der Waals surface area (Å²) in [4.78, 5) is 22.2. The molecule has 0 bridgehead atoms. The molecular weight excluding hydrogens is 343 g/mol. The van der Waals surface area contributed by atoms with E-state index in [1.807, 2.05) is 0 Å². The van der Waals surface area contributed by atoms with Gasteiger partial charge in [0.2, 0.25) is 0 Å². The van der Waals surface area contributed by atoms with Crippen molar-refractivity contribution in [2.45, 2.75) is 25.7 Å². The number of hydrogen-bond acceptors (Lipinski definition) is 6. The minimum atomic E-state index is -0.260. The molecule has 1 aromatic carbocycles. The fourth-order valence-electron chi connectivity index (χ4n) is 2.81. The zero-order valence-corrected chi connectivity index (χ0v) is 14.7. The fraction of sp³-hybridized carbons (Fsp3) is 0.444. The Kier molecular flexibility index (Phi) is 6.36. The van der Waals surface area contributed by atoms with E-state index in [0.29, 0.717) is 18.3 Å². The quantitative estimate of drug-likeness (QED) is 0.753. The van der Waals surface area contributed by atoms with Gasteiger partial charge in [-0.3, -0.25) is 4.98 Å². The standard InChI is InChI=1S/C18H21FN2O3S/c19-15-1-3-16(4-2-15)23-10-7-14-5-8-21(9-6-14)24-18(22)11-17-12-20-13-25-17/h1-4,12-14H,5-11H2. The number of rotatable bonds is 7. The Morgan fingerprint density at radius 3 is 2.72 bits per heavy atom. The van der Waals surface area contributed by atoms with Crippen molar-refractivity contribution in [2.75, 3.05) is 19.7 Å². The average molecular weight is 364 g/mol. The van der Waals surface area contributed by atoms with Crippen LogP contribution in [-0.2, 0) is 16.1 Å². The number of hydrogen-bond donors (Lipinski definition) is 0. The van der Waals surface area contributed by atoms with Crippen LogP contribution in [0.5, 0.6) is 5.75 Å². The van der Waals surface area contributed by atoms with Crippen LogP contribution in [0.3, 0.4) is 0 Å². The maximum absolute atomic E-state index is 12.8. The van der Waals surface area contributed by atoms with Crippen molar-refractivity contribution in [1.82, 2.24) is 10.0 Å². The first-order chi connectivity index (χ1) is 12.2. The smallest absolute Gasteiger partial charge is 0.330 e. The third kappa shape index (κ3) is 5.79. The maximum Gasteiger partial charge on any atom is 0.330 e. The molecule has 134 valence electrons. The summed E-state index contributed by atoms with van der Waals surface area (Å²) in [6.07, 6.45) is 4.86. The van der Waals surface area contributed by atoms with Crippen molar-refractivity contribution in [2.24, 2.45) is 5.92 Å². The van der Waals surface area contributed by atoms with Gasteiger partial charge in [0.05, 0.1) is 18.5 Å². The highest BCUT2D eigenvalue weighted by atomic mass is 32.1. The summed E-state index contributed by atoms with van der Waals surface area (Å²) in [6, 6.07) is 6.07. The summed E-state index contributed by atoms with van der Waals surface area (Å²) >= 11 is 1.46. The molecule has 2 heterocycles. The second kappa shape index (κ2) is 8.92. The van der Waals surface area contributed by atoms with E-state index in [1.54, 1.807) is 28.9 Å². The van der Waals surface area contributed by atoms with E-state index >= 15 is 0 Å². The van der Waals surface area contributed by atoms with Crippen LogP contribution in [0.15, 0.2) is 36.0 Å². The van der Waals surface area contributed by atoms with Crippen LogP contribution in [0.4, 0.5) is 4.39 Å². The largest absolute Gasteiger partial charge is 0.494 e. The van der Waals surface area contributed by atoms with E-state index in [2.05, 4.69) is 4.98 Å². The van der Waals surface area contributed by atoms with Gasteiger partial charge in [-0.05, 0) is 49.4 Å². The summed E-state index contributed by atoms with van der Waals surface area (Å²) < 4.78 is 18.5. The Bertz CT molecular complexity index is 655. The van der Waals surface area contributed by atoms with Gasteiger partial charge in [0, 0.05) is 24.2 Å². The first-order valence-electron chi connectivity index (χ1n) is 8.40. The van der Waals surface area contributed by atoms with Gasteiger partial charge in [0.25, 0.3) is 0 Å². The monoisotopic (exact) mass is 364 g/mol. The van der Waals surface area contributed by atoms with Crippen LogP contribution in [-0.4, -0.2) is 35.7 Å². The van der Waals surface area contributed by atoms with E-state index in [1.165, 1.54) is 23.5 Å². The van der Waals surface area contributed by atoms with E-state index < -0.39 is 0 Å². The molecule has 25 heavy (non-hydrogen) atoms. The third-order valence-corrected chi connectivity index (χ3v) is 4.99. The number of carbonyl (C=O) groups excluding carboxylic acids is 1. The molecule has 1 saturated heterocycles. The molecule has 0 amide bonds. The zero-order chi connectivity index (χ0) is 17.5. The van der Waals surface area contributed by atoms with Crippen LogP contribution in [0.25, 0.3) is 0 Å². The molecule has 1 aliphatic heterocycles. The summed E-state index contributed by atoms with van der Waals surface area (Å²) in [5.41, 5.74) is 1.71. The summed E-state index contributed by atoms with van der Waals surface area (Å²) in [5.74, 6) is 0.750. The van der Waals surface area contributed by atoms with Gasteiger partial charge in [-0.15, -0.1) is 16.4 Å². The van der Waals surface area contributed by atoms with Gasteiger partial charge in [-0.1, -0.05) is 0 Å². The summed E-state index contributed by atoms with van der Waals surface area (Å²) in [7, 11) is 0. The Morgan fingerprint density at radius 1 is 1.28 bits per heavy atom. The molecule has 3 rings (SSSR count). The van der Waals surface area contributed by atoms with E-state index in [0.717, 1.165) is 37.2 Å². The van der Waals surface area contributed by atoms with Crippen molar-refractivity contribution in [1.29, 1.82) is 0 Å². The van der Waals surface area contributed by atoms with Gasteiger partial charge in [-0.2, -0.15) is 0 Å². The molecule has 0 saturated carbocycles. The third-order valence-electron chi connectivity index (χ3n) is 4.21. The normalized spacial score (nSPS) is 15.9. The predicted molar refractivity (Wildman–Crippen MR) is 92.7 cm³/mol. The van der Waals surface area contributed by atoms with Crippen LogP contribution in [0.1, 0.15) is 24.1 Å². The Hall–Kier alpha value is -1.99. The lowest BCUT2D eigenvalue weighted by molar-refractivity contribution is -0.195. The van der Waals surface area contributed by atoms with Crippen LogP contribution < -0.4 is 4.74 Å². The van der Waals surface area contributed by atoms with Gasteiger partial charge in [-0.25, -0.2) is 9.18 Å². The Labute approximate surface area is 150 Å². The molecule has 7 heteroatoms. The lowest BCUT2D eigenvalue weighted by Gasteiger charge is -2.30. The SMILES string of the molecule is O=C(Cc1cncs1)ON1CCC(CCOc2ccc(F)cc2)CC1. The molecular formula is C18H21FN2O3S. The lowest BCUT2D eigenvalue weighted by Crippen LogP contribution is -2.36. The number of benzene rings is 1. The average Bonchev–Trinajstić information content (AvgIpc) is 3.11. The Morgan fingerprint density at radius 2 is 2.04 bits per heavy atom. The number of ether oxygens (including phenoxy) is 1. The number of halogens is 1. The first kappa shape index (κ1) is 17.8. The molecule has 1 fully saturated rings. The van der Waals surface area contributed by atoms with E-state index in [4.69, 9.17) is 9.57 Å². The molecule has 0 atom stereocenters. The molecule has 0 spiro atoms. The highest BCUT2D eigenvalue weighted by Gasteiger charge is 2.22. The predicted octanol–water partition coefficient (Wildman–Crippen LogP) is 3.46. The minimum Gasteiger partial charge on any atom is -0.494 e. The van der Waals surface area contributed by atoms with Crippen molar-refractivity contribution in [3.8, 4) is 5.75 Å². The highest BCUT2D eigenvalue weighted by molar-refractivity contribution is 7.09. The zero-order valence-electron chi connectivity index (χ0n) is 13.9. The minimum absolute atomic E-state index is 0.234. The van der Waals surface area contributed by atoms with Crippen molar-refractivity contribution >= 4 is 17.3 Å². The number of piperidine rings is 1. The highest BCUT2D eigenvalue weighted by Crippen LogP contribution is 2.22. The van der Waals surface area contributed by atoms with Gasteiger partial charge in [0.15, 0.2) is 0 Å². The van der Waals surface area contributed by atoms with Gasteiger partial charge >= 0.3 is 5.97 Å². The van der Waals surface area contributed by atoms with Gasteiger partial charge < -0.3 is 9.57 Å². The molecule has 1 aliphatic rings. The summed E-state index contributed by atoms with van der Waals surface area (Å²) in [6.45, 7) is 2.10. The van der Waals surface area contributed by atoms with Gasteiger partial charge in [0.1, 0.15) is 11.6 Å². The van der Waals surface area contributed by atoms with Crippen molar-refractivity contribution in [3.05, 3.63) is 46.7 Å². The molecule has 0 aliphatic carbocycles. The molecule has 2 aromatic rings. The lowest BCUT2D eigenvalue weighted by atomic mass is 9.95. The molecule has 5 nitrogen and oxygen atoms in total. The first-order valence-corrected chi connectivity index (χ1v) is 9.28. The molecule has 1 aromatic heterocycles.